The smallest absolute Gasteiger partial charge is 0.0351 e. The van der Waals surface area contributed by atoms with Crippen LogP contribution in [0.1, 0.15) is 64.5 Å². The van der Waals surface area contributed by atoms with Gasteiger partial charge in [0.15, 0.2) is 0 Å². The molecule has 2 aliphatic rings. The highest BCUT2D eigenvalue weighted by molar-refractivity contribution is 5.21. The van der Waals surface area contributed by atoms with E-state index in [0.29, 0.717) is 11.5 Å². The summed E-state index contributed by atoms with van der Waals surface area (Å²) in [7, 11) is 0. The predicted octanol–water partition coefficient (Wildman–Crippen LogP) is 5.19. The zero-order valence-corrected chi connectivity index (χ0v) is 13.9. The van der Waals surface area contributed by atoms with Gasteiger partial charge in [0, 0.05) is 6.04 Å². The third-order valence-corrected chi connectivity index (χ3v) is 6.03. The Kier molecular flexibility index (Phi) is 4.40. The van der Waals surface area contributed by atoms with Gasteiger partial charge in [-0.15, -0.1) is 0 Å². The van der Waals surface area contributed by atoms with Gasteiger partial charge < -0.3 is 5.32 Å². The van der Waals surface area contributed by atoms with Crippen molar-refractivity contribution in [3.8, 4) is 0 Å². The van der Waals surface area contributed by atoms with E-state index in [-0.39, 0.29) is 0 Å². The van der Waals surface area contributed by atoms with Crippen LogP contribution < -0.4 is 5.32 Å². The highest BCUT2D eigenvalue weighted by atomic mass is 15.0. The summed E-state index contributed by atoms with van der Waals surface area (Å²) < 4.78 is 0. The van der Waals surface area contributed by atoms with E-state index >= 15 is 0 Å². The molecule has 116 valence electrons. The zero-order chi connectivity index (χ0) is 14.9. The molecule has 1 aromatic rings. The fourth-order valence-electron chi connectivity index (χ4n) is 4.67. The highest BCUT2D eigenvalue weighted by Crippen LogP contribution is 2.46. The molecule has 1 N–H and O–H groups in total. The van der Waals surface area contributed by atoms with Crippen LogP contribution in [0, 0.1) is 23.2 Å². The molecular weight excluding hydrogens is 254 g/mol. The summed E-state index contributed by atoms with van der Waals surface area (Å²) in [6.07, 6.45) is 7.12. The maximum Gasteiger partial charge on any atom is 0.0351 e. The second kappa shape index (κ2) is 6.12. The minimum atomic E-state index is 0.498. The highest BCUT2D eigenvalue weighted by Gasteiger charge is 2.38. The Morgan fingerprint density at radius 2 is 1.57 bits per heavy atom. The first-order valence-electron chi connectivity index (χ1n) is 8.84. The van der Waals surface area contributed by atoms with Gasteiger partial charge >= 0.3 is 0 Å². The Labute approximate surface area is 130 Å². The molecule has 0 bridgehead atoms. The lowest BCUT2D eigenvalue weighted by atomic mass is 9.66. The SMILES string of the molecule is CC(C)(C)C1CCC(C2CCNC2c2ccccc2)CC1. The van der Waals surface area contributed by atoms with E-state index in [9.17, 15) is 0 Å². The quantitative estimate of drug-likeness (QED) is 0.788. The number of benzene rings is 1. The van der Waals surface area contributed by atoms with Crippen LogP contribution in [-0.4, -0.2) is 6.54 Å². The van der Waals surface area contributed by atoms with Crippen LogP contribution in [0.5, 0.6) is 0 Å². The van der Waals surface area contributed by atoms with E-state index in [1.54, 1.807) is 0 Å². The molecule has 1 heteroatoms. The van der Waals surface area contributed by atoms with Gasteiger partial charge in [-0.3, -0.25) is 0 Å². The monoisotopic (exact) mass is 285 g/mol. The number of rotatable bonds is 2. The van der Waals surface area contributed by atoms with E-state index in [4.69, 9.17) is 0 Å². The zero-order valence-electron chi connectivity index (χ0n) is 13.9. The van der Waals surface area contributed by atoms with Crippen LogP contribution in [0.2, 0.25) is 0 Å². The minimum absolute atomic E-state index is 0.498. The molecule has 1 saturated carbocycles. The molecule has 0 spiro atoms. The average molecular weight is 285 g/mol. The van der Waals surface area contributed by atoms with Crippen molar-refractivity contribution in [2.45, 2.75) is 58.9 Å². The maximum atomic E-state index is 3.76. The summed E-state index contributed by atoms with van der Waals surface area (Å²) in [4.78, 5) is 0. The molecule has 2 fully saturated rings. The van der Waals surface area contributed by atoms with Crippen molar-refractivity contribution in [2.24, 2.45) is 23.2 Å². The number of hydrogen-bond donors (Lipinski definition) is 1. The molecule has 1 aliphatic carbocycles. The van der Waals surface area contributed by atoms with Crippen molar-refractivity contribution in [1.29, 1.82) is 0 Å². The fraction of sp³-hybridized carbons (Fsp3) is 0.700. The standard InChI is InChI=1S/C20H31N/c1-20(2,3)17-11-9-15(10-12-17)18-13-14-21-19(18)16-7-5-4-6-8-16/h4-8,15,17-19,21H,9-14H2,1-3H3. The summed E-state index contributed by atoms with van der Waals surface area (Å²) in [5, 5.41) is 3.76. The molecule has 1 aromatic carbocycles. The Morgan fingerprint density at radius 1 is 0.905 bits per heavy atom. The van der Waals surface area contributed by atoms with Crippen LogP contribution in [0.3, 0.4) is 0 Å². The van der Waals surface area contributed by atoms with Crippen LogP contribution in [0.25, 0.3) is 0 Å². The lowest BCUT2D eigenvalue weighted by Crippen LogP contribution is -2.30. The first kappa shape index (κ1) is 15.1. The predicted molar refractivity (Wildman–Crippen MR) is 90.2 cm³/mol. The van der Waals surface area contributed by atoms with Gasteiger partial charge in [0.1, 0.15) is 0 Å². The van der Waals surface area contributed by atoms with Gasteiger partial charge in [-0.2, -0.15) is 0 Å². The lowest BCUT2D eigenvalue weighted by Gasteiger charge is -2.40. The third-order valence-electron chi connectivity index (χ3n) is 6.03. The molecule has 0 amide bonds. The second-order valence-electron chi connectivity index (χ2n) is 8.27. The normalized spacial score (nSPS) is 34.0. The Hall–Kier alpha value is -0.820. The molecule has 2 atom stereocenters. The summed E-state index contributed by atoms with van der Waals surface area (Å²) in [6.45, 7) is 8.45. The van der Waals surface area contributed by atoms with Crippen molar-refractivity contribution in [1.82, 2.24) is 5.32 Å². The third kappa shape index (κ3) is 3.34. The largest absolute Gasteiger partial charge is 0.310 e. The van der Waals surface area contributed by atoms with E-state index in [2.05, 4.69) is 56.4 Å². The molecular formula is C20H31N. The number of nitrogens with one attached hydrogen (secondary N) is 1. The topological polar surface area (TPSA) is 12.0 Å². The molecule has 1 saturated heterocycles. The first-order valence-corrected chi connectivity index (χ1v) is 8.84. The molecule has 0 aromatic heterocycles. The molecule has 2 unspecified atom stereocenters. The summed E-state index contributed by atoms with van der Waals surface area (Å²) in [6, 6.07) is 11.7. The van der Waals surface area contributed by atoms with E-state index in [0.717, 1.165) is 17.8 Å². The second-order valence-corrected chi connectivity index (χ2v) is 8.27. The Bertz CT molecular complexity index is 437. The summed E-state index contributed by atoms with van der Waals surface area (Å²) >= 11 is 0. The fourth-order valence-corrected chi connectivity index (χ4v) is 4.67. The van der Waals surface area contributed by atoms with Crippen LogP contribution >= 0.6 is 0 Å². The van der Waals surface area contributed by atoms with E-state index in [1.807, 2.05) is 0 Å². The van der Waals surface area contributed by atoms with Crippen LogP contribution in [0.4, 0.5) is 0 Å². The Balaban J connectivity index is 1.65. The summed E-state index contributed by atoms with van der Waals surface area (Å²) in [5.41, 5.74) is 2.00. The molecule has 0 radical (unpaired) electrons. The molecule has 1 nitrogen and oxygen atoms in total. The molecule has 1 aliphatic heterocycles. The minimum Gasteiger partial charge on any atom is -0.310 e. The van der Waals surface area contributed by atoms with Crippen molar-refractivity contribution in [3.63, 3.8) is 0 Å². The van der Waals surface area contributed by atoms with Crippen molar-refractivity contribution in [2.75, 3.05) is 6.54 Å². The van der Waals surface area contributed by atoms with E-state index in [1.165, 1.54) is 44.2 Å². The van der Waals surface area contributed by atoms with Crippen molar-refractivity contribution in [3.05, 3.63) is 35.9 Å². The van der Waals surface area contributed by atoms with Gasteiger partial charge in [-0.05, 0) is 67.4 Å². The molecule has 21 heavy (non-hydrogen) atoms. The van der Waals surface area contributed by atoms with Gasteiger partial charge in [0.2, 0.25) is 0 Å². The lowest BCUT2D eigenvalue weighted by molar-refractivity contribution is 0.119. The average Bonchev–Trinajstić information content (AvgIpc) is 2.97. The van der Waals surface area contributed by atoms with Gasteiger partial charge in [-0.25, -0.2) is 0 Å². The van der Waals surface area contributed by atoms with Gasteiger partial charge in [0.05, 0.1) is 0 Å². The van der Waals surface area contributed by atoms with Crippen molar-refractivity contribution >= 4 is 0 Å². The molecule has 1 heterocycles. The first-order chi connectivity index (χ1) is 10.1. The van der Waals surface area contributed by atoms with Crippen LogP contribution in [0.15, 0.2) is 30.3 Å². The number of hydrogen-bond acceptors (Lipinski definition) is 1. The Morgan fingerprint density at radius 3 is 2.19 bits per heavy atom. The molecule has 3 rings (SSSR count). The van der Waals surface area contributed by atoms with Gasteiger partial charge in [-0.1, -0.05) is 51.1 Å². The summed E-state index contributed by atoms with van der Waals surface area (Å²) in [5.74, 6) is 2.72. The maximum absolute atomic E-state index is 3.76. The van der Waals surface area contributed by atoms with E-state index < -0.39 is 0 Å². The van der Waals surface area contributed by atoms with Crippen LogP contribution in [-0.2, 0) is 0 Å². The van der Waals surface area contributed by atoms with Gasteiger partial charge in [0.25, 0.3) is 0 Å². The van der Waals surface area contributed by atoms with Crippen molar-refractivity contribution < 1.29 is 0 Å².